The number of esters is 1. The SMILES string of the molecule is CC[C@@H]1OC(=O)CC(=O)[C@H](CO)C/C(Cl)=C\[C@@H](C)Cc2cccc1c2. The molecule has 1 N–H and O–H groups in total. The van der Waals surface area contributed by atoms with Gasteiger partial charge in [-0.05, 0) is 36.3 Å². The number of ketones is 1. The second-order valence-corrected chi connectivity index (χ2v) is 7.14. The first-order chi connectivity index (χ1) is 11.9. The van der Waals surface area contributed by atoms with Gasteiger partial charge in [0.1, 0.15) is 18.3 Å². The van der Waals surface area contributed by atoms with E-state index in [1.54, 1.807) is 0 Å². The summed E-state index contributed by atoms with van der Waals surface area (Å²) in [7, 11) is 0. The predicted molar refractivity (Wildman–Crippen MR) is 97.2 cm³/mol. The average molecular weight is 365 g/mol. The number of allylic oxidation sites excluding steroid dienone is 2. The molecule has 2 rings (SSSR count). The minimum absolute atomic E-state index is 0.197. The van der Waals surface area contributed by atoms with Crippen LogP contribution in [0.25, 0.3) is 0 Å². The smallest absolute Gasteiger partial charge is 0.313 e. The molecule has 0 fully saturated rings. The Morgan fingerprint density at radius 2 is 2.04 bits per heavy atom. The quantitative estimate of drug-likeness (QED) is 0.637. The van der Waals surface area contributed by atoms with E-state index in [0.29, 0.717) is 11.5 Å². The highest BCUT2D eigenvalue weighted by atomic mass is 35.5. The lowest BCUT2D eigenvalue weighted by Gasteiger charge is -2.20. The zero-order valence-electron chi connectivity index (χ0n) is 14.7. The molecular formula is C20H25ClO4. The first-order valence-electron chi connectivity index (χ1n) is 8.71. The minimum atomic E-state index is -0.677. The number of benzene rings is 1. The van der Waals surface area contributed by atoms with Gasteiger partial charge in [0, 0.05) is 11.0 Å². The molecule has 1 aliphatic heterocycles. The summed E-state index contributed by atoms with van der Waals surface area (Å²) < 4.78 is 5.51. The van der Waals surface area contributed by atoms with Crippen molar-refractivity contribution in [2.45, 2.75) is 45.6 Å². The van der Waals surface area contributed by atoms with Crippen LogP contribution < -0.4 is 0 Å². The van der Waals surface area contributed by atoms with Gasteiger partial charge in [0.25, 0.3) is 0 Å². The summed E-state index contributed by atoms with van der Waals surface area (Å²) >= 11 is 6.27. The lowest BCUT2D eigenvalue weighted by molar-refractivity contribution is -0.152. The number of aliphatic hydroxyl groups is 1. The zero-order valence-corrected chi connectivity index (χ0v) is 15.5. The number of aliphatic hydroxyl groups excluding tert-OH is 1. The topological polar surface area (TPSA) is 63.6 Å². The standard InChI is InChI=1S/C20H25ClO4/c1-3-19-15-6-4-5-14(9-15)7-13(2)8-17(21)10-16(12-22)18(23)11-20(24)25-19/h4-6,8-9,13,16,19,22H,3,7,10-12H2,1-2H3/b17-8+/t13-,16-,19-/m0/s1. The maximum absolute atomic E-state index is 12.3. The van der Waals surface area contributed by atoms with E-state index in [1.807, 2.05) is 37.3 Å². The van der Waals surface area contributed by atoms with Crippen LogP contribution >= 0.6 is 11.6 Å². The first kappa shape index (κ1) is 19.7. The van der Waals surface area contributed by atoms with Crippen molar-refractivity contribution in [3.8, 4) is 0 Å². The van der Waals surface area contributed by atoms with Gasteiger partial charge in [-0.15, -0.1) is 0 Å². The van der Waals surface area contributed by atoms with Gasteiger partial charge in [-0.3, -0.25) is 9.59 Å². The number of Topliss-reactive ketones (excluding diaryl/α,β-unsaturated/α-hetero) is 1. The third-order valence-corrected chi connectivity index (χ3v) is 4.71. The summed E-state index contributed by atoms with van der Waals surface area (Å²) in [5.41, 5.74) is 2.07. The first-order valence-corrected chi connectivity index (χ1v) is 9.08. The fraction of sp³-hybridized carbons (Fsp3) is 0.500. The Labute approximate surface area is 153 Å². The van der Waals surface area contributed by atoms with Crippen LogP contribution in [0.15, 0.2) is 35.4 Å². The second kappa shape index (κ2) is 9.16. The molecule has 0 amide bonds. The molecule has 1 heterocycles. The van der Waals surface area contributed by atoms with Crippen LogP contribution in [0, 0.1) is 11.8 Å². The van der Waals surface area contributed by atoms with E-state index in [-0.39, 0.29) is 37.3 Å². The van der Waals surface area contributed by atoms with Crippen molar-refractivity contribution < 1.29 is 19.4 Å². The molecule has 1 aliphatic rings. The summed E-state index contributed by atoms with van der Waals surface area (Å²) in [6.45, 7) is 3.67. The minimum Gasteiger partial charge on any atom is -0.457 e. The highest BCUT2D eigenvalue weighted by molar-refractivity contribution is 6.29. The highest BCUT2D eigenvalue weighted by Gasteiger charge is 2.24. The van der Waals surface area contributed by atoms with E-state index in [0.717, 1.165) is 17.5 Å². The number of ether oxygens (including phenoxy) is 1. The van der Waals surface area contributed by atoms with Gasteiger partial charge in [0.15, 0.2) is 0 Å². The Balaban J connectivity index is 2.35. The van der Waals surface area contributed by atoms with Crippen molar-refractivity contribution in [3.63, 3.8) is 0 Å². The summed E-state index contributed by atoms with van der Waals surface area (Å²) in [5.74, 6) is -1.38. The fourth-order valence-electron chi connectivity index (χ4n) is 3.12. The van der Waals surface area contributed by atoms with Crippen LogP contribution in [0.5, 0.6) is 0 Å². The number of cyclic esters (lactones) is 1. The van der Waals surface area contributed by atoms with Crippen molar-refractivity contribution >= 4 is 23.4 Å². The number of rotatable bonds is 2. The fourth-order valence-corrected chi connectivity index (χ4v) is 3.52. The third kappa shape index (κ3) is 5.68. The van der Waals surface area contributed by atoms with Crippen LogP contribution in [0.1, 0.15) is 50.3 Å². The number of hydrogen-bond acceptors (Lipinski definition) is 4. The molecular weight excluding hydrogens is 340 g/mol. The molecule has 0 spiro atoms. The van der Waals surface area contributed by atoms with Crippen molar-refractivity contribution in [1.29, 1.82) is 0 Å². The number of fused-ring (bicyclic) bond motifs is 2. The third-order valence-electron chi connectivity index (χ3n) is 4.43. The molecule has 5 heteroatoms. The molecule has 1 aromatic carbocycles. The Hall–Kier alpha value is -1.65. The van der Waals surface area contributed by atoms with E-state index < -0.39 is 11.9 Å². The summed E-state index contributed by atoms with van der Waals surface area (Å²) in [6, 6.07) is 7.98. The van der Waals surface area contributed by atoms with Crippen molar-refractivity contribution in [3.05, 3.63) is 46.5 Å². The molecule has 4 nitrogen and oxygen atoms in total. The van der Waals surface area contributed by atoms with E-state index in [4.69, 9.17) is 16.3 Å². The van der Waals surface area contributed by atoms with Gasteiger partial charge in [-0.2, -0.15) is 0 Å². The average Bonchev–Trinajstić information content (AvgIpc) is 2.56. The monoisotopic (exact) mass is 364 g/mol. The van der Waals surface area contributed by atoms with Crippen molar-refractivity contribution in [1.82, 2.24) is 0 Å². The molecule has 25 heavy (non-hydrogen) atoms. The van der Waals surface area contributed by atoms with Gasteiger partial charge < -0.3 is 9.84 Å². The molecule has 2 bridgehead atoms. The molecule has 0 saturated carbocycles. The number of carbonyl (C=O) groups excluding carboxylic acids is 2. The molecule has 0 saturated heterocycles. The van der Waals surface area contributed by atoms with Gasteiger partial charge in [-0.25, -0.2) is 0 Å². The van der Waals surface area contributed by atoms with Gasteiger partial charge >= 0.3 is 5.97 Å². The van der Waals surface area contributed by atoms with Crippen LogP contribution in [0.2, 0.25) is 0 Å². The molecule has 0 radical (unpaired) electrons. The number of hydrogen-bond donors (Lipinski definition) is 1. The Kier molecular flexibility index (Phi) is 7.21. The second-order valence-electron chi connectivity index (χ2n) is 6.65. The zero-order chi connectivity index (χ0) is 18.4. The van der Waals surface area contributed by atoms with Crippen LogP contribution in [0.3, 0.4) is 0 Å². The molecule has 136 valence electrons. The van der Waals surface area contributed by atoms with Gasteiger partial charge in [-0.1, -0.05) is 55.8 Å². The normalized spacial score (nSPS) is 27.8. The van der Waals surface area contributed by atoms with Crippen molar-refractivity contribution in [2.75, 3.05) is 6.61 Å². The van der Waals surface area contributed by atoms with E-state index in [9.17, 15) is 14.7 Å². The predicted octanol–water partition coefficient (Wildman–Crippen LogP) is 3.95. The van der Waals surface area contributed by atoms with Crippen molar-refractivity contribution in [2.24, 2.45) is 11.8 Å². The molecule has 0 aliphatic carbocycles. The van der Waals surface area contributed by atoms with E-state index >= 15 is 0 Å². The summed E-state index contributed by atoms with van der Waals surface area (Å²) in [5, 5.41) is 10.0. The Morgan fingerprint density at radius 3 is 2.72 bits per heavy atom. The van der Waals surface area contributed by atoms with Crippen LogP contribution in [-0.2, 0) is 20.7 Å². The number of halogens is 1. The number of carbonyl (C=O) groups is 2. The Morgan fingerprint density at radius 1 is 1.28 bits per heavy atom. The summed E-state index contributed by atoms with van der Waals surface area (Å²) in [4.78, 5) is 24.4. The molecule has 0 unspecified atom stereocenters. The van der Waals surface area contributed by atoms with Gasteiger partial charge in [0.2, 0.25) is 0 Å². The van der Waals surface area contributed by atoms with Crippen LogP contribution in [0.4, 0.5) is 0 Å². The molecule has 1 aromatic rings. The summed E-state index contributed by atoms with van der Waals surface area (Å²) in [6.07, 6.45) is 2.88. The lowest BCUT2D eigenvalue weighted by atomic mass is 9.94. The maximum atomic E-state index is 12.3. The largest absolute Gasteiger partial charge is 0.457 e. The Bertz CT molecular complexity index is 653. The maximum Gasteiger partial charge on any atom is 0.313 e. The molecule has 3 atom stereocenters. The highest BCUT2D eigenvalue weighted by Crippen LogP contribution is 2.26. The van der Waals surface area contributed by atoms with E-state index in [1.165, 1.54) is 0 Å². The van der Waals surface area contributed by atoms with Gasteiger partial charge in [0.05, 0.1) is 6.61 Å². The van der Waals surface area contributed by atoms with Crippen LogP contribution in [-0.4, -0.2) is 23.5 Å². The molecule has 0 aromatic heterocycles. The lowest BCUT2D eigenvalue weighted by Crippen LogP contribution is -2.23. The van der Waals surface area contributed by atoms with E-state index in [2.05, 4.69) is 6.92 Å².